The van der Waals surface area contributed by atoms with Crippen LogP contribution >= 0.6 is 0 Å². The van der Waals surface area contributed by atoms with E-state index in [-0.39, 0.29) is 5.54 Å². The summed E-state index contributed by atoms with van der Waals surface area (Å²) in [6.45, 7) is 11.3. The van der Waals surface area contributed by atoms with Crippen molar-refractivity contribution in [3.05, 3.63) is 35.7 Å². The van der Waals surface area contributed by atoms with Gasteiger partial charge in [-0.25, -0.2) is 15.0 Å². The van der Waals surface area contributed by atoms with Gasteiger partial charge in [0.05, 0.1) is 0 Å². The van der Waals surface area contributed by atoms with Gasteiger partial charge < -0.3 is 5.32 Å². The van der Waals surface area contributed by atoms with Gasteiger partial charge in [-0.1, -0.05) is 6.92 Å². The van der Waals surface area contributed by atoms with Crippen LogP contribution in [0.15, 0.2) is 18.6 Å². The number of imidazole rings is 1. The van der Waals surface area contributed by atoms with Crippen LogP contribution in [0.3, 0.4) is 0 Å². The van der Waals surface area contributed by atoms with Gasteiger partial charge in [-0.15, -0.1) is 0 Å². The van der Waals surface area contributed by atoms with Crippen LogP contribution in [0.1, 0.15) is 44.8 Å². The predicted octanol–water partition coefficient (Wildman–Crippen LogP) is 2.42. The summed E-state index contributed by atoms with van der Waals surface area (Å²) in [5.74, 6) is 1.67. The summed E-state index contributed by atoms with van der Waals surface area (Å²) < 4.78 is 1.94. The molecule has 0 unspecified atom stereocenters. The highest BCUT2D eigenvalue weighted by Crippen LogP contribution is 2.11. The van der Waals surface area contributed by atoms with E-state index in [0.29, 0.717) is 5.95 Å². The fourth-order valence-electron chi connectivity index (χ4n) is 1.91. The van der Waals surface area contributed by atoms with Gasteiger partial charge in [0.25, 0.3) is 0 Å². The molecule has 0 bridgehead atoms. The van der Waals surface area contributed by atoms with Gasteiger partial charge >= 0.3 is 0 Å². The van der Waals surface area contributed by atoms with Crippen molar-refractivity contribution in [2.45, 2.75) is 53.1 Å². The van der Waals surface area contributed by atoms with E-state index in [1.165, 1.54) is 0 Å². The minimum Gasteiger partial charge on any atom is -0.308 e. The summed E-state index contributed by atoms with van der Waals surface area (Å²) >= 11 is 0. The molecule has 2 rings (SSSR count). The van der Waals surface area contributed by atoms with Crippen LogP contribution in [-0.2, 0) is 13.0 Å². The Morgan fingerprint density at radius 2 is 2.00 bits per heavy atom. The molecule has 0 fully saturated rings. The molecule has 5 nitrogen and oxygen atoms in total. The van der Waals surface area contributed by atoms with E-state index >= 15 is 0 Å². The van der Waals surface area contributed by atoms with Crippen molar-refractivity contribution < 1.29 is 0 Å². The SMILES string of the molecule is CCc1nccn1-c1ncc(CNC(C)(C)C)c(C)n1. The molecule has 0 saturated carbocycles. The number of rotatable bonds is 4. The molecule has 108 valence electrons. The van der Waals surface area contributed by atoms with Crippen LogP contribution < -0.4 is 5.32 Å². The second kappa shape index (κ2) is 5.71. The summed E-state index contributed by atoms with van der Waals surface area (Å²) in [4.78, 5) is 13.4. The van der Waals surface area contributed by atoms with E-state index in [0.717, 1.165) is 30.0 Å². The van der Waals surface area contributed by atoms with Gasteiger partial charge in [0.15, 0.2) is 0 Å². The lowest BCUT2D eigenvalue weighted by Crippen LogP contribution is -2.35. The van der Waals surface area contributed by atoms with Crippen LogP contribution in [0.5, 0.6) is 0 Å². The third-order valence-corrected chi connectivity index (χ3v) is 3.13. The van der Waals surface area contributed by atoms with Crippen LogP contribution in [-0.4, -0.2) is 25.1 Å². The number of nitrogens with one attached hydrogen (secondary N) is 1. The first-order chi connectivity index (χ1) is 9.40. The minimum absolute atomic E-state index is 0.0881. The topological polar surface area (TPSA) is 55.6 Å². The van der Waals surface area contributed by atoms with E-state index in [1.807, 2.05) is 23.9 Å². The molecule has 0 saturated heterocycles. The Morgan fingerprint density at radius 3 is 2.60 bits per heavy atom. The van der Waals surface area contributed by atoms with Gasteiger partial charge in [-0.2, -0.15) is 0 Å². The van der Waals surface area contributed by atoms with Gasteiger partial charge in [-0.3, -0.25) is 4.57 Å². The summed E-state index contributed by atoms with van der Waals surface area (Å²) in [7, 11) is 0. The van der Waals surface area contributed by atoms with Crippen molar-refractivity contribution in [1.29, 1.82) is 0 Å². The highest BCUT2D eigenvalue weighted by atomic mass is 15.2. The smallest absolute Gasteiger partial charge is 0.235 e. The quantitative estimate of drug-likeness (QED) is 0.929. The zero-order valence-electron chi connectivity index (χ0n) is 12.9. The molecule has 2 aromatic rings. The Morgan fingerprint density at radius 1 is 1.25 bits per heavy atom. The number of hydrogen-bond acceptors (Lipinski definition) is 4. The van der Waals surface area contributed by atoms with Crippen LogP contribution in [0.25, 0.3) is 5.95 Å². The highest BCUT2D eigenvalue weighted by molar-refractivity contribution is 5.23. The summed E-state index contributed by atoms with van der Waals surface area (Å²) in [6, 6.07) is 0. The lowest BCUT2D eigenvalue weighted by molar-refractivity contribution is 0.423. The molecule has 20 heavy (non-hydrogen) atoms. The second-order valence-electron chi connectivity index (χ2n) is 5.95. The van der Waals surface area contributed by atoms with Crippen LogP contribution in [0.4, 0.5) is 0 Å². The largest absolute Gasteiger partial charge is 0.308 e. The number of hydrogen-bond donors (Lipinski definition) is 1. The molecule has 0 aliphatic rings. The summed E-state index contributed by atoms with van der Waals surface area (Å²) in [5, 5.41) is 3.46. The van der Waals surface area contributed by atoms with Crippen molar-refractivity contribution in [2.75, 3.05) is 0 Å². The molecular formula is C15H23N5. The van der Waals surface area contributed by atoms with Crippen LogP contribution in [0, 0.1) is 6.92 Å². The Balaban J connectivity index is 2.22. The first-order valence-electron chi connectivity index (χ1n) is 7.01. The van der Waals surface area contributed by atoms with Crippen molar-refractivity contribution in [1.82, 2.24) is 24.8 Å². The Kier molecular flexibility index (Phi) is 4.18. The average molecular weight is 273 g/mol. The zero-order valence-corrected chi connectivity index (χ0v) is 12.9. The van der Waals surface area contributed by atoms with Crippen molar-refractivity contribution >= 4 is 0 Å². The normalized spacial score (nSPS) is 11.8. The summed E-state index contributed by atoms with van der Waals surface area (Å²) in [6.07, 6.45) is 6.45. The van der Waals surface area contributed by atoms with Gasteiger partial charge in [-0.05, 0) is 27.7 Å². The molecule has 0 atom stereocenters. The van der Waals surface area contributed by atoms with E-state index in [9.17, 15) is 0 Å². The molecule has 0 aliphatic carbocycles. The lowest BCUT2D eigenvalue weighted by atomic mass is 10.1. The van der Waals surface area contributed by atoms with Crippen molar-refractivity contribution in [2.24, 2.45) is 0 Å². The maximum absolute atomic E-state index is 4.60. The number of aryl methyl sites for hydroxylation is 2. The van der Waals surface area contributed by atoms with E-state index in [1.54, 1.807) is 6.20 Å². The monoisotopic (exact) mass is 273 g/mol. The Labute approximate surface area is 120 Å². The Bertz CT molecular complexity index is 580. The Hall–Kier alpha value is -1.75. The second-order valence-corrected chi connectivity index (χ2v) is 5.95. The molecule has 2 aromatic heterocycles. The highest BCUT2D eigenvalue weighted by Gasteiger charge is 2.12. The van der Waals surface area contributed by atoms with Gasteiger partial charge in [0.2, 0.25) is 5.95 Å². The first-order valence-corrected chi connectivity index (χ1v) is 7.01. The third kappa shape index (κ3) is 3.42. The fraction of sp³-hybridized carbons (Fsp3) is 0.533. The number of nitrogens with zero attached hydrogens (tertiary/aromatic N) is 4. The van der Waals surface area contributed by atoms with Gasteiger partial charge in [0.1, 0.15) is 5.82 Å². The average Bonchev–Trinajstić information content (AvgIpc) is 2.84. The van der Waals surface area contributed by atoms with E-state index in [4.69, 9.17) is 0 Å². The molecule has 0 spiro atoms. The molecule has 2 heterocycles. The van der Waals surface area contributed by atoms with E-state index in [2.05, 4.69) is 48.0 Å². The minimum atomic E-state index is 0.0881. The standard InChI is InChI=1S/C15H23N5/c1-6-13-16-7-8-20(13)14-17-9-12(11(2)19-14)10-18-15(3,4)5/h7-9,18H,6,10H2,1-5H3. The first kappa shape index (κ1) is 14.7. The molecular weight excluding hydrogens is 250 g/mol. The molecule has 0 amide bonds. The summed E-state index contributed by atoms with van der Waals surface area (Å²) in [5.41, 5.74) is 2.22. The third-order valence-electron chi connectivity index (χ3n) is 3.13. The zero-order chi connectivity index (χ0) is 14.8. The van der Waals surface area contributed by atoms with Crippen molar-refractivity contribution in [3.63, 3.8) is 0 Å². The fourth-order valence-corrected chi connectivity index (χ4v) is 1.91. The maximum atomic E-state index is 4.60. The molecule has 0 radical (unpaired) electrons. The predicted molar refractivity (Wildman–Crippen MR) is 79.9 cm³/mol. The molecule has 5 heteroatoms. The maximum Gasteiger partial charge on any atom is 0.235 e. The van der Waals surface area contributed by atoms with E-state index < -0.39 is 0 Å². The van der Waals surface area contributed by atoms with Crippen molar-refractivity contribution in [3.8, 4) is 5.95 Å². The number of aromatic nitrogens is 4. The molecule has 0 aromatic carbocycles. The molecule has 1 N–H and O–H groups in total. The molecule has 0 aliphatic heterocycles. The lowest BCUT2D eigenvalue weighted by Gasteiger charge is -2.21. The van der Waals surface area contributed by atoms with Gasteiger partial charge in [0, 0.05) is 48.4 Å². The van der Waals surface area contributed by atoms with Crippen LogP contribution in [0.2, 0.25) is 0 Å².